The van der Waals surface area contributed by atoms with Crippen molar-refractivity contribution in [2.45, 2.75) is 37.0 Å². The zero-order valence-electron chi connectivity index (χ0n) is 19.1. The van der Waals surface area contributed by atoms with E-state index in [2.05, 4.69) is 20.3 Å². The number of methoxy groups -OCH3 is 1. The fourth-order valence-corrected chi connectivity index (χ4v) is 4.73. The van der Waals surface area contributed by atoms with Crippen LogP contribution in [0.4, 0.5) is 10.2 Å². The fourth-order valence-electron chi connectivity index (χ4n) is 3.42. The third kappa shape index (κ3) is 4.38. The Morgan fingerprint density at radius 1 is 1.21 bits per heavy atom. The number of halogens is 1. The van der Waals surface area contributed by atoms with Crippen LogP contribution in [0.1, 0.15) is 26.3 Å². The number of imidazole rings is 1. The van der Waals surface area contributed by atoms with Crippen molar-refractivity contribution in [1.82, 2.24) is 19.4 Å². The molecule has 0 unspecified atom stereocenters. The van der Waals surface area contributed by atoms with E-state index < -0.39 is 20.5 Å². The van der Waals surface area contributed by atoms with Crippen molar-refractivity contribution in [3.63, 3.8) is 0 Å². The summed E-state index contributed by atoms with van der Waals surface area (Å²) in [6, 6.07) is 7.56. The van der Waals surface area contributed by atoms with Crippen LogP contribution in [0.3, 0.4) is 0 Å². The van der Waals surface area contributed by atoms with Crippen molar-refractivity contribution in [3.8, 4) is 17.0 Å². The number of aromatic nitrogens is 4. The van der Waals surface area contributed by atoms with Crippen molar-refractivity contribution in [3.05, 3.63) is 70.8 Å². The van der Waals surface area contributed by atoms with E-state index in [1.54, 1.807) is 37.3 Å². The summed E-state index contributed by atoms with van der Waals surface area (Å²) in [5, 5.41) is 3.00. The number of nitrogens with one attached hydrogen (secondary N) is 2. The molecular formula is C23H24FN5O4S. The number of fused-ring (bicyclic) bond motifs is 1. The summed E-state index contributed by atoms with van der Waals surface area (Å²) in [5.74, 6) is -0.293. The number of rotatable bonds is 6. The molecule has 4 aromatic heterocycles. The average molecular weight is 486 g/mol. The first-order valence-corrected chi connectivity index (χ1v) is 11.9. The fraction of sp³-hybridized carbons (Fsp3) is 0.261. The van der Waals surface area contributed by atoms with Gasteiger partial charge in [0.2, 0.25) is 11.5 Å². The molecule has 0 bridgehead atoms. The van der Waals surface area contributed by atoms with Gasteiger partial charge in [-0.05, 0) is 38.5 Å². The lowest BCUT2D eigenvalue weighted by atomic mass is 10.2. The van der Waals surface area contributed by atoms with Crippen LogP contribution in [0.2, 0.25) is 0 Å². The summed E-state index contributed by atoms with van der Waals surface area (Å²) >= 11 is 0. The van der Waals surface area contributed by atoms with Gasteiger partial charge in [0.25, 0.3) is 0 Å². The summed E-state index contributed by atoms with van der Waals surface area (Å²) in [6.45, 7) is 5.09. The second kappa shape index (κ2) is 8.56. The van der Waals surface area contributed by atoms with Gasteiger partial charge in [0.1, 0.15) is 22.1 Å². The van der Waals surface area contributed by atoms with E-state index in [-0.39, 0.29) is 28.6 Å². The topological polar surface area (TPSA) is 118 Å². The van der Waals surface area contributed by atoms with Gasteiger partial charge < -0.3 is 15.0 Å². The van der Waals surface area contributed by atoms with Gasteiger partial charge in [0, 0.05) is 42.7 Å². The Bertz CT molecular complexity index is 1540. The molecule has 4 aromatic rings. The Morgan fingerprint density at radius 2 is 1.97 bits per heavy atom. The monoisotopic (exact) mass is 485 g/mol. The number of pyridine rings is 3. The minimum absolute atomic E-state index is 0.0106. The standard InChI is InChI=1S/C23H24FN5O4S/c1-23(2,3)34(31,32)18-13-29-16(12-27-21(29)10-17(18)33-4)15-8-19(24)28-20(9-15)26-11-14-5-6-25-22(30)7-14/h5-10,12-13H,11H2,1-4H3,(H,25,30)(H,26,28). The SMILES string of the molecule is COc1cc2ncc(-c3cc(F)nc(NCc4cc[nH]c(=O)c4)c3)n2cc1S(=O)(=O)C(C)(C)C. The molecule has 0 aliphatic heterocycles. The molecule has 4 heterocycles. The number of aromatic amines is 1. The Kier molecular flexibility index (Phi) is 5.90. The highest BCUT2D eigenvalue weighted by Gasteiger charge is 2.34. The molecule has 0 spiro atoms. The smallest absolute Gasteiger partial charge is 0.248 e. The molecule has 0 saturated carbocycles. The normalized spacial score (nSPS) is 12.1. The summed E-state index contributed by atoms with van der Waals surface area (Å²) < 4.78 is 46.6. The van der Waals surface area contributed by atoms with Gasteiger partial charge >= 0.3 is 0 Å². The lowest BCUT2D eigenvalue weighted by molar-refractivity contribution is 0.401. The van der Waals surface area contributed by atoms with E-state index in [0.717, 1.165) is 0 Å². The van der Waals surface area contributed by atoms with Crippen LogP contribution in [-0.4, -0.2) is 39.6 Å². The lowest BCUT2D eigenvalue weighted by Crippen LogP contribution is -2.28. The predicted octanol–water partition coefficient (Wildman–Crippen LogP) is 3.42. The molecule has 178 valence electrons. The van der Waals surface area contributed by atoms with Gasteiger partial charge in [-0.25, -0.2) is 18.4 Å². The largest absolute Gasteiger partial charge is 0.495 e. The van der Waals surface area contributed by atoms with E-state index >= 15 is 0 Å². The first-order valence-electron chi connectivity index (χ1n) is 10.4. The van der Waals surface area contributed by atoms with E-state index in [0.29, 0.717) is 22.5 Å². The van der Waals surface area contributed by atoms with Crippen molar-refractivity contribution in [1.29, 1.82) is 0 Å². The summed E-state index contributed by atoms with van der Waals surface area (Å²) in [4.78, 5) is 22.2. The van der Waals surface area contributed by atoms with Crippen LogP contribution in [0.15, 0.2) is 58.6 Å². The number of sulfone groups is 1. The zero-order valence-corrected chi connectivity index (χ0v) is 19.9. The number of anilines is 1. The third-order valence-corrected chi connectivity index (χ3v) is 7.79. The van der Waals surface area contributed by atoms with E-state index in [9.17, 15) is 17.6 Å². The highest BCUT2D eigenvalue weighted by Crippen LogP contribution is 2.34. The van der Waals surface area contributed by atoms with Gasteiger partial charge in [-0.1, -0.05) is 0 Å². The van der Waals surface area contributed by atoms with Gasteiger partial charge in [-0.15, -0.1) is 0 Å². The molecule has 0 amide bonds. The molecule has 0 aliphatic carbocycles. The maximum atomic E-state index is 14.4. The van der Waals surface area contributed by atoms with Gasteiger partial charge in [-0.3, -0.25) is 9.20 Å². The molecule has 0 aliphatic rings. The molecular weight excluding hydrogens is 461 g/mol. The Hall–Kier alpha value is -3.73. The molecule has 2 N–H and O–H groups in total. The predicted molar refractivity (Wildman–Crippen MR) is 126 cm³/mol. The molecule has 11 heteroatoms. The van der Waals surface area contributed by atoms with Crippen molar-refractivity contribution >= 4 is 21.3 Å². The van der Waals surface area contributed by atoms with Gasteiger partial charge in [0.15, 0.2) is 9.84 Å². The Labute approximate surface area is 195 Å². The molecule has 9 nitrogen and oxygen atoms in total. The zero-order chi connectivity index (χ0) is 24.7. The molecule has 0 fully saturated rings. The van der Waals surface area contributed by atoms with Crippen LogP contribution in [0.25, 0.3) is 16.9 Å². The lowest BCUT2D eigenvalue weighted by Gasteiger charge is -2.21. The van der Waals surface area contributed by atoms with Crippen molar-refractivity contribution in [2.24, 2.45) is 0 Å². The average Bonchev–Trinajstić information content (AvgIpc) is 3.18. The Balaban J connectivity index is 1.78. The van der Waals surface area contributed by atoms with Crippen LogP contribution < -0.4 is 15.6 Å². The Morgan fingerprint density at radius 3 is 2.65 bits per heavy atom. The second-order valence-corrected chi connectivity index (χ2v) is 11.3. The number of hydrogen-bond acceptors (Lipinski definition) is 7. The number of ether oxygens (including phenoxy) is 1. The first kappa shape index (κ1) is 23.4. The molecule has 0 saturated heterocycles. The highest BCUT2D eigenvalue weighted by molar-refractivity contribution is 7.92. The molecule has 0 radical (unpaired) electrons. The van der Waals surface area contributed by atoms with Crippen molar-refractivity contribution in [2.75, 3.05) is 12.4 Å². The van der Waals surface area contributed by atoms with E-state index in [1.807, 2.05) is 0 Å². The van der Waals surface area contributed by atoms with E-state index in [4.69, 9.17) is 4.74 Å². The summed E-state index contributed by atoms with van der Waals surface area (Å²) in [5.41, 5.74) is 1.82. The number of H-pyrrole nitrogens is 1. The highest BCUT2D eigenvalue weighted by atomic mass is 32.2. The van der Waals surface area contributed by atoms with Crippen LogP contribution in [-0.2, 0) is 16.4 Å². The summed E-state index contributed by atoms with van der Waals surface area (Å²) in [7, 11) is -2.35. The first-order chi connectivity index (χ1) is 16.0. The van der Waals surface area contributed by atoms with Crippen molar-refractivity contribution < 1.29 is 17.5 Å². The maximum Gasteiger partial charge on any atom is 0.248 e. The minimum atomic E-state index is -3.75. The molecule has 0 aromatic carbocycles. The van der Waals surface area contributed by atoms with Crippen LogP contribution >= 0.6 is 0 Å². The van der Waals surface area contributed by atoms with Gasteiger partial charge in [-0.2, -0.15) is 4.39 Å². The number of hydrogen-bond donors (Lipinski definition) is 2. The molecule has 4 rings (SSSR count). The van der Waals surface area contributed by atoms with Gasteiger partial charge in [0.05, 0.1) is 23.7 Å². The third-order valence-electron chi connectivity index (χ3n) is 5.29. The van der Waals surface area contributed by atoms with Crippen LogP contribution in [0, 0.1) is 5.95 Å². The summed E-state index contributed by atoms with van der Waals surface area (Å²) in [6.07, 6.45) is 4.50. The minimum Gasteiger partial charge on any atom is -0.495 e. The van der Waals surface area contributed by atoms with Crippen LogP contribution in [0.5, 0.6) is 5.75 Å². The second-order valence-electron chi connectivity index (χ2n) is 8.67. The molecule has 34 heavy (non-hydrogen) atoms. The number of nitrogens with zero attached hydrogens (tertiary/aromatic N) is 3. The maximum absolute atomic E-state index is 14.4. The molecule has 0 atom stereocenters. The quantitative estimate of drug-likeness (QED) is 0.402. The van der Waals surface area contributed by atoms with E-state index in [1.165, 1.54) is 43.9 Å².